The fraction of sp³-hybridized carbons (Fsp3) is 0.222. The van der Waals surface area contributed by atoms with Crippen molar-refractivity contribution in [1.82, 2.24) is 10.2 Å². The van der Waals surface area contributed by atoms with E-state index < -0.39 is 5.97 Å². The third kappa shape index (κ3) is 2.77. The third-order valence-electron chi connectivity index (χ3n) is 4.10. The smallest absolute Gasteiger partial charge is 0.349 e. The van der Waals surface area contributed by atoms with Gasteiger partial charge in [0, 0.05) is 0 Å². The molecule has 0 saturated carbocycles. The van der Waals surface area contributed by atoms with E-state index >= 15 is 0 Å². The van der Waals surface area contributed by atoms with Crippen molar-refractivity contribution in [3.8, 4) is 11.5 Å². The quantitative estimate of drug-likeness (QED) is 0.594. The van der Waals surface area contributed by atoms with Crippen molar-refractivity contribution in [1.29, 1.82) is 0 Å². The molecule has 0 bridgehead atoms. The number of hydrogen-bond acceptors (Lipinski definition) is 4. The van der Waals surface area contributed by atoms with Gasteiger partial charge >= 0.3 is 5.97 Å². The van der Waals surface area contributed by atoms with Gasteiger partial charge in [0.15, 0.2) is 6.61 Å². The molecule has 0 unspecified atom stereocenters. The second-order valence-electron chi connectivity index (χ2n) is 5.63. The van der Waals surface area contributed by atoms with Gasteiger partial charge in [-0.3, -0.25) is 5.10 Å². The van der Waals surface area contributed by atoms with Gasteiger partial charge in [-0.15, -0.1) is 0 Å². The Hall–Kier alpha value is -2.82. The van der Waals surface area contributed by atoms with E-state index in [-0.39, 0.29) is 6.61 Å². The molecule has 4 rings (SSSR count). The molecule has 1 heterocycles. The second kappa shape index (κ2) is 5.76. The molecule has 1 aliphatic rings. The normalized spacial score (nSPS) is 13.0. The van der Waals surface area contributed by atoms with Crippen molar-refractivity contribution >= 4 is 16.9 Å². The lowest BCUT2D eigenvalue weighted by molar-refractivity contribution is -0.136. The van der Waals surface area contributed by atoms with E-state index in [1.807, 2.05) is 24.3 Å². The van der Waals surface area contributed by atoms with Crippen LogP contribution in [0.1, 0.15) is 17.5 Å². The Bertz CT molecular complexity index is 870. The molecular weight excluding hydrogens is 292 g/mol. The van der Waals surface area contributed by atoms with Gasteiger partial charge in [0.05, 0.1) is 17.1 Å². The molecule has 0 amide bonds. The molecule has 2 aromatic carbocycles. The summed E-state index contributed by atoms with van der Waals surface area (Å²) in [4.78, 5) is 12.0. The van der Waals surface area contributed by atoms with E-state index in [1.165, 1.54) is 17.5 Å². The molecule has 0 fully saturated rings. The SMILES string of the molecule is O=C(COc1ccc2c(c1)CCC2)Oc1cccc2[nH]ncc12. The molecule has 0 radical (unpaired) electrons. The minimum absolute atomic E-state index is 0.118. The van der Waals surface area contributed by atoms with Crippen LogP contribution >= 0.6 is 0 Å². The Morgan fingerprint density at radius 2 is 2.09 bits per heavy atom. The molecule has 1 N–H and O–H groups in total. The fourth-order valence-corrected chi connectivity index (χ4v) is 2.96. The van der Waals surface area contributed by atoms with Crippen molar-refractivity contribution in [2.24, 2.45) is 0 Å². The summed E-state index contributed by atoms with van der Waals surface area (Å²) in [6.07, 6.45) is 5.04. The van der Waals surface area contributed by atoms with Crippen LogP contribution in [0.15, 0.2) is 42.6 Å². The standard InChI is InChI=1S/C18H16N2O3/c21-18(23-17-6-2-5-16-15(17)10-19-20-16)11-22-14-8-7-12-3-1-4-13(12)9-14/h2,5-10H,1,3-4,11H2,(H,19,20). The summed E-state index contributed by atoms with van der Waals surface area (Å²) in [5.74, 6) is 0.766. The van der Waals surface area contributed by atoms with Gasteiger partial charge in [0.2, 0.25) is 0 Å². The molecule has 0 saturated heterocycles. The number of hydrogen-bond donors (Lipinski definition) is 1. The largest absolute Gasteiger partial charge is 0.482 e. The van der Waals surface area contributed by atoms with Crippen LogP contribution in [0.25, 0.3) is 10.9 Å². The van der Waals surface area contributed by atoms with E-state index in [2.05, 4.69) is 16.3 Å². The maximum absolute atomic E-state index is 12.0. The molecule has 3 aromatic rings. The first-order valence-corrected chi connectivity index (χ1v) is 7.67. The summed E-state index contributed by atoms with van der Waals surface area (Å²) in [6, 6.07) is 11.4. The summed E-state index contributed by atoms with van der Waals surface area (Å²) in [5.41, 5.74) is 3.53. The number of aryl methyl sites for hydroxylation is 2. The Morgan fingerprint density at radius 1 is 1.17 bits per heavy atom. The Labute approximate surface area is 133 Å². The van der Waals surface area contributed by atoms with E-state index in [0.29, 0.717) is 11.5 Å². The predicted octanol–water partition coefficient (Wildman–Crippen LogP) is 3.04. The number of benzene rings is 2. The van der Waals surface area contributed by atoms with Crippen LogP contribution < -0.4 is 9.47 Å². The van der Waals surface area contributed by atoms with Crippen molar-refractivity contribution in [2.45, 2.75) is 19.3 Å². The molecule has 23 heavy (non-hydrogen) atoms. The number of ether oxygens (including phenoxy) is 2. The number of carbonyl (C=O) groups excluding carboxylic acids is 1. The molecule has 1 aromatic heterocycles. The summed E-state index contributed by atoms with van der Waals surface area (Å²) >= 11 is 0. The zero-order valence-corrected chi connectivity index (χ0v) is 12.5. The summed E-state index contributed by atoms with van der Waals surface area (Å²) < 4.78 is 10.9. The number of H-pyrrole nitrogens is 1. The number of nitrogens with one attached hydrogen (secondary N) is 1. The molecule has 0 atom stereocenters. The Balaban J connectivity index is 1.41. The molecule has 116 valence electrons. The lowest BCUT2D eigenvalue weighted by atomic mass is 10.1. The van der Waals surface area contributed by atoms with Crippen LogP contribution in [-0.2, 0) is 17.6 Å². The highest BCUT2D eigenvalue weighted by Gasteiger charge is 2.13. The van der Waals surface area contributed by atoms with Crippen LogP contribution in [-0.4, -0.2) is 22.8 Å². The highest BCUT2D eigenvalue weighted by atomic mass is 16.6. The second-order valence-corrected chi connectivity index (χ2v) is 5.63. The van der Waals surface area contributed by atoms with Gasteiger partial charge in [0.25, 0.3) is 0 Å². The number of nitrogens with zero attached hydrogens (tertiary/aromatic N) is 1. The fourth-order valence-electron chi connectivity index (χ4n) is 2.96. The maximum Gasteiger partial charge on any atom is 0.349 e. The van der Waals surface area contributed by atoms with Crippen LogP contribution in [0.5, 0.6) is 11.5 Å². The van der Waals surface area contributed by atoms with Crippen LogP contribution in [0.2, 0.25) is 0 Å². The number of rotatable bonds is 4. The van der Waals surface area contributed by atoms with E-state index in [0.717, 1.165) is 23.7 Å². The number of aromatic nitrogens is 2. The van der Waals surface area contributed by atoms with Gasteiger partial charge in [-0.05, 0) is 54.7 Å². The van der Waals surface area contributed by atoms with E-state index in [1.54, 1.807) is 12.3 Å². The first-order chi connectivity index (χ1) is 11.3. The predicted molar refractivity (Wildman–Crippen MR) is 85.7 cm³/mol. The Kier molecular flexibility index (Phi) is 3.46. The summed E-state index contributed by atoms with van der Waals surface area (Å²) in [6.45, 7) is -0.118. The monoisotopic (exact) mass is 308 g/mol. The van der Waals surface area contributed by atoms with Crippen molar-refractivity contribution in [3.63, 3.8) is 0 Å². The van der Waals surface area contributed by atoms with Crippen molar-refractivity contribution < 1.29 is 14.3 Å². The number of aromatic amines is 1. The number of esters is 1. The van der Waals surface area contributed by atoms with Crippen LogP contribution in [0, 0.1) is 0 Å². The minimum Gasteiger partial charge on any atom is -0.482 e. The average molecular weight is 308 g/mol. The average Bonchev–Trinajstić information content (AvgIpc) is 3.21. The number of fused-ring (bicyclic) bond motifs is 2. The third-order valence-corrected chi connectivity index (χ3v) is 4.10. The molecule has 0 aliphatic heterocycles. The topological polar surface area (TPSA) is 64.2 Å². The van der Waals surface area contributed by atoms with Gasteiger partial charge in [0.1, 0.15) is 11.5 Å². The van der Waals surface area contributed by atoms with Crippen LogP contribution in [0.4, 0.5) is 0 Å². The minimum atomic E-state index is -0.431. The Morgan fingerprint density at radius 3 is 3.04 bits per heavy atom. The lowest BCUT2D eigenvalue weighted by Gasteiger charge is -2.08. The summed E-state index contributed by atoms with van der Waals surface area (Å²) in [5, 5.41) is 7.57. The van der Waals surface area contributed by atoms with Crippen molar-refractivity contribution in [3.05, 3.63) is 53.7 Å². The first kappa shape index (κ1) is 13.8. The van der Waals surface area contributed by atoms with E-state index in [4.69, 9.17) is 9.47 Å². The summed E-state index contributed by atoms with van der Waals surface area (Å²) in [7, 11) is 0. The highest BCUT2D eigenvalue weighted by molar-refractivity contribution is 5.87. The molecule has 5 nitrogen and oxygen atoms in total. The molecule has 5 heteroatoms. The van der Waals surface area contributed by atoms with Crippen LogP contribution in [0.3, 0.4) is 0 Å². The van der Waals surface area contributed by atoms with Crippen molar-refractivity contribution in [2.75, 3.05) is 6.61 Å². The molecular formula is C18H16N2O3. The van der Waals surface area contributed by atoms with Gasteiger partial charge in [-0.25, -0.2) is 4.79 Å². The zero-order chi connectivity index (χ0) is 15.6. The van der Waals surface area contributed by atoms with E-state index in [9.17, 15) is 4.79 Å². The lowest BCUT2D eigenvalue weighted by Crippen LogP contribution is -2.17. The first-order valence-electron chi connectivity index (χ1n) is 7.67. The number of carbonyl (C=O) groups is 1. The molecule has 0 spiro atoms. The zero-order valence-electron chi connectivity index (χ0n) is 12.5. The maximum atomic E-state index is 12.0. The molecule has 1 aliphatic carbocycles. The van der Waals surface area contributed by atoms with Gasteiger partial charge < -0.3 is 9.47 Å². The highest BCUT2D eigenvalue weighted by Crippen LogP contribution is 2.26. The van der Waals surface area contributed by atoms with Gasteiger partial charge in [-0.2, -0.15) is 5.10 Å². The van der Waals surface area contributed by atoms with Gasteiger partial charge in [-0.1, -0.05) is 12.1 Å².